The number of sulfone groups is 1. The highest BCUT2D eigenvalue weighted by Gasteiger charge is 2.29. The highest BCUT2D eigenvalue weighted by Crippen LogP contribution is 2.21. The summed E-state index contributed by atoms with van der Waals surface area (Å²) in [6.45, 7) is -0.109. The Morgan fingerprint density at radius 2 is 2.10 bits per heavy atom. The van der Waals surface area contributed by atoms with Crippen LogP contribution in [0.5, 0.6) is 0 Å². The second-order valence-electron chi connectivity index (χ2n) is 4.99. The van der Waals surface area contributed by atoms with Crippen LogP contribution in [0.4, 0.5) is 8.78 Å². The summed E-state index contributed by atoms with van der Waals surface area (Å²) in [6, 6.07) is 3.03. The molecule has 0 aliphatic carbocycles. The zero-order valence-electron chi connectivity index (χ0n) is 10.7. The number of hydrogen-bond acceptors (Lipinski definition) is 3. The Hall–Kier alpha value is -1.50. The number of halogens is 2. The zero-order valence-corrected chi connectivity index (χ0v) is 11.6. The van der Waals surface area contributed by atoms with Gasteiger partial charge in [0.05, 0.1) is 11.5 Å². The van der Waals surface area contributed by atoms with Crippen LogP contribution in [0.15, 0.2) is 18.2 Å². The number of nitrogens with one attached hydrogen (secondary N) is 1. The summed E-state index contributed by atoms with van der Waals surface area (Å²) in [5, 5.41) is 2.48. The lowest BCUT2D eigenvalue weighted by Gasteiger charge is -2.09. The average molecular weight is 303 g/mol. The van der Waals surface area contributed by atoms with Gasteiger partial charge in [-0.1, -0.05) is 0 Å². The van der Waals surface area contributed by atoms with Crippen LogP contribution in [0.1, 0.15) is 18.4 Å². The molecule has 0 bridgehead atoms. The molecular weight excluding hydrogens is 288 g/mol. The lowest BCUT2D eigenvalue weighted by atomic mass is 10.0. The standard InChI is InChI=1S/C13H15F2NO3S/c14-11-1-2-12(15)10(6-11)7-16-13(17)5-9-3-4-20(18,19)8-9/h1-2,6,9H,3-5,7-8H2,(H,16,17). The molecule has 1 saturated heterocycles. The van der Waals surface area contributed by atoms with Crippen molar-refractivity contribution in [1.29, 1.82) is 0 Å². The predicted octanol–water partition coefficient (Wildman–Crippen LogP) is 1.41. The van der Waals surface area contributed by atoms with Crippen molar-refractivity contribution >= 4 is 15.7 Å². The summed E-state index contributed by atoms with van der Waals surface area (Å²) < 4.78 is 48.8. The van der Waals surface area contributed by atoms with Gasteiger partial charge >= 0.3 is 0 Å². The van der Waals surface area contributed by atoms with E-state index >= 15 is 0 Å². The first-order valence-corrected chi connectivity index (χ1v) is 8.09. The maximum atomic E-state index is 13.3. The largest absolute Gasteiger partial charge is 0.352 e. The molecule has 1 aromatic carbocycles. The molecule has 1 aromatic rings. The summed E-state index contributed by atoms with van der Waals surface area (Å²) >= 11 is 0. The van der Waals surface area contributed by atoms with Crippen LogP contribution in [0.3, 0.4) is 0 Å². The van der Waals surface area contributed by atoms with Gasteiger partial charge in [-0.15, -0.1) is 0 Å². The molecule has 0 radical (unpaired) electrons. The van der Waals surface area contributed by atoms with Gasteiger partial charge < -0.3 is 5.32 Å². The second-order valence-corrected chi connectivity index (χ2v) is 7.21. The van der Waals surface area contributed by atoms with Crippen molar-refractivity contribution in [3.8, 4) is 0 Å². The first kappa shape index (κ1) is 14.9. The fraction of sp³-hybridized carbons (Fsp3) is 0.462. The van der Waals surface area contributed by atoms with Crippen molar-refractivity contribution in [2.75, 3.05) is 11.5 Å². The second kappa shape index (κ2) is 5.87. The quantitative estimate of drug-likeness (QED) is 0.914. The van der Waals surface area contributed by atoms with Gasteiger partial charge in [-0.25, -0.2) is 17.2 Å². The normalized spacial score (nSPS) is 20.8. The minimum Gasteiger partial charge on any atom is -0.352 e. The smallest absolute Gasteiger partial charge is 0.220 e. The van der Waals surface area contributed by atoms with Crippen LogP contribution in [0.25, 0.3) is 0 Å². The average Bonchev–Trinajstić information content (AvgIpc) is 2.70. The van der Waals surface area contributed by atoms with Crippen molar-refractivity contribution in [2.24, 2.45) is 5.92 Å². The number of carbonyl (C=O) groups is 1. The minimum atomic E-state index is -3.01. The number of hydrogen-bond donors (Lipinski definition) is 1. The Kier molecular flexibility index (Phi) is 4.37. The van der Waals surface area contributed by atoms with Crippen LogP contribution >= 0.6 is 0 Å². The van der Waals surface area contributed by atoms with Crippen LogP contribution in [0, 0.1) is 17.6 Å². The Morgan fingerprint density at radius 3 is 2.75 bits per heavy atom. The Labute approximate surface area is 116 Å². The van der Waals surface area contributed by atoms with Gasteiger partial charge in [0.2, 0.25) is 5.91 Å². The molecule has 0 aromatic heterocycles. The lowest BCUT2D eigenvalue weighted by molar-refractivity contribution is -0.122. The molecule has 2 rings (SSSR count). The van der Waals surface area contributed by atoms with Crippen LogP contribution in [-0.2, 0) is 21.2 Å². The first-order valence-electron chi connectivity index (χ1n) is 6.27. The third kappa shape index (κ3) is 4.00. The summed E-state index contributed by atoms with van der Waals surface area (Å²) in [6.07, 6.45) is 0.570. The number of rotatable bonds is 4. The number of benzene rings is 1. The molecule has 7 heteroatoms. The van der Waals surface area contributed by atoms with E-state index in [9.17, 15) is 22.0 Å². The van der Waals surface area contributed by atoms with E-state index < -0.39 is 21.5 Å². The summed E-state index contributed by atoms with van der Waals surface area (Å²) in [5.74, 6) is -1.56. The highest BCUT2D eigenvalue weighted by molar-refractivity contribution is 7.91. The summed E-state index contributed by atoms with van der Waals surface area (Å²) in [5.41, 5.74) is 0.0670. The van der Waals surface area contributed by atoms with E-state index in [2.05, 4.69) is 5.32 Å². The molecule has 1 N–H and O–H groups in total. The van der Waals surface area contributed by atoms with E-state index in [1.165, 1.54) is 0 Å². The maximum absolute atomic E-state index is 13.3. The van der Waals surface area contributed by atoms with E-state index in [1.807, 2.05) is 0 Å². The van der Waals surface area contributed by atoms with Gasteiger partial charge in [-0.3, -0.25) is 4.79 Å². The van der Waals surface area contributed by atoms with Gasteiger partial charge in [-0.2, -0.15) is 0 Å². The van der Waals surface area contributed by atoms with Crippen molar-refractivity contribution in [3.05, 3.63) is 35.4 Å². The molecule has 1 aliphatic heterocycles. The van der Waals surface area contributed by atoms with Gasteiger partial charge in [0, 0.05) is 18.5 Å². The molecule has 1 unspecified atom stereocenters. The zero-order chi connectivity index (χ0) is 14.8. The maximum Gasteiger partial charge on any atom is 0.220 e. The molecule has 1 fully saturated rings. The number of carbonyl (C=O) groups excluding carboxylic acids is 1. The third-order valence-corrected chi connectivity index (χ3v) is 5.12. The summed E-state index contributed by atoms with van der Waals surface area (Å²) in [7, 11) is -3.01. The fourth-order valence-electron chi connectivity index (χ4n) is 2.24. The Balaban J connectivity index is 1.85. The SMILES string of the molecule is O=C(CC1CCS(=O)(=O)C1)NCc1cc(F)ccc1F. The molecule has 110 valence electrons. The minimum absolute atomic E-state index is 0.0226. The predicted molar refractivity (Wildman–Crippen MR) is 69.6 cm³/mol. The molecule has 0 saturated carbocycles. The summed E-state index contributed by atoms with van der Waals surface area (Å²) in [4.78, 5) is 11.7. The van der Waals surface area contributed by atoms with Crippen molar-refractivity contribution in [1.82, 2.24) is 5.32 Å². The van der Waals surface area contributed by atoms with E-state index in [4.69, 9.17) is 0 Å². The fourth-order valence-corrected chi connectivity index (χ4v) is 4.10. The molecule has 1 aliphatic rings. The molecule has 20 heavy (non-hydrogen) atoms. The molecular formula is C13H15F2NO3S. The van der Waals surface area contributed by atoms with Gasteiger partial charge in [0.15, 0.2) is 9.84 Å². The Morgan fingerprint density at radius 1 is 1.35 bits per heavy atom. The number of amides is 1. The molecule has 1 atom stereocenters. The van der Waals surface area contributed by atoms with Crippen LogP contribution in [-0.4, -0.2) is 25.8 Å². The topological polar surface area (TPSA) is 63.2 Å². The van der Waals surface area contributed by atoms with Gasteiger partial charge in [-0.05, 0) is 30.5 Å². The molecule has 1 amide bonds. The Bertz CT molecular complexity index is 616. The van der Waals surface area contributed by atoms with Crippen molar-refractivity contribution in [2.45, 2.75) is 19.4 Å². The van der Waals surface area contributed by atoms with E-state index in [0.717, 1.165) is 18.2 Å². The monoisotopic (exact) mass is 303 g/mol. The molecule has 1 heterocycles. The van der Waals surface area contributed by atoms with Gasteiger partial charge in [0.1, 0.15) is 11.6 Å². The van der Waals surface area contributed by atoms with Crippen LogP contribution in [0.2, 0.25) is 0 Å². The highest BCUT2D eigenvalue weighted by atomic mass is 32.2. The van der Waals surface area contributed by atoms with Crippen LogP contribution < -0.4 is 5.32 Å². The molecule has 4 nitrogen and oxygen atoms in total. The molecule has 0 spiro atoms. The van der Waals surface area contributed by atoms with Gasteiger partial charge in [0.25, 0.3) is 0 Å². The first-order chi connectivity index (χ1) is 9.35. The van der Waals surface area contributed by atoms with Crippen molar-refractivity contribution < 1.29 is 22.0 Å². The van der Waals surface area contributed by atoms with E-state index in [0.29, 0.717) is 6.42 Å². The lowest BCUT2D eigenvalue weighted by Crippen LogP contribution is -2.26. The van der Waals surface area contributed by atoms with Crippen molar-refractivity contribution in [3.63, 3.8) is 0 Å². The third-order valence-electron chi connectivity index (χ3n) is 3.28. The van der Waals surface area contributed by atoms with E-state index in [-0.39, 0.29) is 41.9 Å². The van der Waals surface area contributed by atoms with E-state index in [1.54, 1.807) is 0 Å².